The van der Waals surface area contributed by atoms with Gasteiger partial charge in [-0.2, -0.15) is 0 Å². The van der Waals surface area contributed by atoms with Gasteiger partial charge in [0.2, 0.25) is 0 Å². The average molecular weight is 435 g/mol. The van der Waals surface area contributed by atoms with Crippen molar-refractivity contribution in [2.45, 2.75) is 0 Å². The average Bonchev–Trinajstić information content (AvgIpc) is 2.60. The fourth-order valence-corrected chi connectivity index (χ4v) is 2.92. The number of nitro benzene ring substituents is 1. The highest BCUT2D eigenvalue weighted by Crippen LogP contribution is 2.35. The summed E-state index contributed by atoms with van der Waals surface area (Å²) in [6, 6.07) is 13.9. The standard InChI is InChI=1S/C16H9Br2N3O2/c17-15(10-5-7-11(8-6-10)21(22)23)16(18)14-9-19-12-3-1-2-4-13(12)20-14/h1-9H/b16-15+. The molecular weight excluding hydrogens is 426 g/mol. The first-order chi connectivity index (χ1) is 11.1. The maximum absolute atomic E-state index is 10.7. The molecule has 7 heteroatoms. The van der Waals surface area contributed by atoms with Crippen LogP contribution >= 0.6 is 31.9 Å². The van der Waals surface area contributed by atoms with Crippen LogP contribution < -0.4 is 0 Å². The molecule has 0 unspecified atom stereocenters. The minimum Gasteiger partial charge on any atom is -0.258 e. The van der Waals surface area contributed by atoms with E-state index >= 15 is 0 Å². The van der Waals surface area contributed by atoms with E-state index in [1.807, 2.05) is 24.3 Å². The van der Waals surface area contributed by atoms with Crippen LogP contribution in [0.2, 0.25) is 0 Å². The third-order valence-corrected chi connectivity index (χ3v) is 5.39. The predicted molar refractivity (Wildman–Crippen MR) is 97.3 cm³/mol. The molecule has 0 aliphatic carbocycles. The van der Waals surface area contributed by atoms with Gasteiger partial charge in [0.05, 0.1) is 32.3 Å². The number of nitrogens with zero attached hydrogens (tertiary/aromatic N) is 3. The minimum atomic E-state index is -0.425. The number of rotatable bonds is 3. The van der Waals surface area contributed by atoms with Gasteiger partial charge in [0.15, 0.2) is 0 Å². The third-order valence-electron chi connectivity index (χ3n) is 3.20. The van der Waals surface area contributed by atoms with E-state index in [-0.39, 0.29) is 5.69 Å². The molecule has 114 valence electrons. The molecule has 0 atom stereocenters. The lowest BCUT2D eigenvalue weighted by Crippen LogP contribution is -1.91. The molecule has 0 fully saturated rings. The number of halogens is 2. The molecule has 0 aliphatic heterocycles. The molecule has 2 aromatic carbocycles. The Morgan fingerprint density at radius 1 is 0.957 bits per heavy atom. The van der Waals surface area contributed by atoms with E-state index in [0.29, 0.717) is 5.69 Å². The Morgan fingerprint density at radius 3 is 2.26 bits per heavy atom. The van der Waals surface area contributed by atoms with Gasteiger partial charge < -0.3 is 0 Å². The quantitative estimate of drug-likeness (QED) is 0.422. The summed E-state index contributed by atoms with van der Waals surface area (Å²) in [4.78, 5) is 19.2. The molecule has 0 radical (unpaired) electrons. The van der Waals surface area contributed by atoms with Gasteiger partial charge in [-0.15, -0.1) is 0 Å². The van der Waals surface area contributed by atoms with Gasteiger partial charge in [0.1, 0.15) is 0 Å². The highest BCUT2D eigenvalue weighted by molar-refractivity contribution is 9.18. The van der Waals surface area contributed by atoms with Crippen LogP contribution in [0, 0.1) is 10.1 Å². The molecular formula is C16H9Br2N3O2. The molecule has 0 aliphatic rings. The fraction of sp³-hybridized carbons (Fsp3) is 0. The molecule has 0 amide bonds. The van der Waals surface area contributed by atoms with Crippen molar-refractivity contribution < 1.29 is 4.92 Å². The number of hydrogen-bond acceptors (Lipinski definition) is 4. The summed E-state index contributed by atoms with van der Waals surface area (Å²) >= 11 is 7.03. The van der Waals surface area contributed by atoms with E-state index in [2.05, 4.69) is 41.8 Å². The lowest BCUT2D eigenvalue weighted by molar-refractivity contribution is -0.384. The van der Waals surface area contributed by atoms with Crippen LogP contribution in [0.15, 0.2) is 54.7 Å². The molecule has 3 rings (SSSR count). The van der Waals surface area contributed by atoms with E-state index in [9.17, 15) is 10.1 Å². The lowest BCUT2D eigenvalue weighted by atomic mass is 10.2. The Bertz CT molecular complexity index is 924. The second-order valence-electron chi connectivity index (χ2n) is 4.68. The van der Waals surface area contributed by atoms with Gasteiger partial charge >= 0.3 is 0 Å². The Labute approximate surface area is 148 Å². The summed E-state index contributed by atoms with van der Waals surface area (Å²) < 4.78 is 1.47. The van der Waals surface area contributed by atoms with Crippen LogP contribution in [0.25, 0.3) is 20.0 Å². The van der Waals surface area contributed by atoms with Crippen LogP contribution in [-0.2, 0) is 0 Å². The van der Waals surface area contributed by atoms with Crippen LogP contribution in [-0.4, -0.2) is 14.9 Å². The van der Waals surface area contributed by atoms with Crippen LogP contribution in [0.5, 0.6) is 0 Å². The number of nitro groups is 1. The highest BCUT2D eigenvalue weighted by atomic mass is 79.9. The predicted octanol–water partition coefficient (Wildman–Crippen LogP) is 5.15. The molecule has 5 nitrogen and oxygen atoms in total. The van der Waals surface area contributed by atoms with Gasteiger partial charge in [0, 0.05) is 16.6 Å². The zero-order valence-electron chi connectivity index (χ0n) is 11.6. The molecule has 1 aromatic heterocycles. The van der Waals surface area contributed by atoms with Gasteiger partial charge in [-0.05, 0) is 61.7 Å². The van der Waals surface area contributed by atoms with E-state index in [1.54, 1.807) is 18.3 Å². The summed E-state index contributed by atoms with van der Waals surface area (Å²) in [5, 5.41) is 10.7. The van der Waals surface area contributed by atoms with E-state index in [0.717, 1.165) is 25.6 Å². The second-order valence-corrected chi connectivity index (χ2v) is 6.26. The van der Waals surface area contributed by atoms with Crippen LogP contribution in [0.3, 0.4) is 0 Å². The topological polar surface area (TPSA) is 68.9 Å². The number of aromatic nitrogens is 2. The maximum Gasteiger partial charge on any atom is 0.269 e. The van der Waals surface area contributed by atoms with E-state index in [1.165, 1.54) is 12.1 Å². The van der Waals surface area contributed by atoms with Crippen LogP contribution in [0.1, 0.15) is 11.3 Å². The molecule has 0 saturated carbocycles. The normalized spacial score (nSPS) is 12.1. The molecule has 0 bridgehead atoms. The van der Waals surface area contributed by atoms with Crippen molar-refractivity contribution in [1.29, 1.82) is 0 Å². The highest BCUT2D eigenvalue weighted by Gasteiger charge is 2.11. The zero-order chi connectivity index (χ0) is 16.4. The van der Waals surface area contributed by atoms with Gasteiger partial charge in [-0.3, -0.25) is 15.1 Å². The van der Waals surface area contributed by atoms with Gasteiger partial charge in [-0.25, -0.2) is 4.98 Å². The lowest BCUT2D eigenvalue weighted by Gasteiger charge is -2.06. The molecule has 1 heterocycles. The van der Waals surface area contributed by atoms with Crippen molar-refractivity contribution in [2.75, 3.05) is 0 Å². The van der Waals surface area contributed by atoms with Gasteiger partial charge in [0.25, 0.3) is 5.69 Å². The van der Waals surface area contributed by atoms with Gasteiger partial charge in [-0.1, -0.05) is 12.1 Å². The summed E-state index contributed by atoms with van der Waals surface area (Å²) in [5.74, 6) is 0. The Balaban J connectivity index is 2.02. The Kier molecular flexibility index (Phi) is 4.49. The van der Waals surface area contributed by atoms with E-state index < -0.39 is 4.92 Å². The largest absolute Gasteiger partial charge is 0.269 e. The number of benzene rings is 2. The van der Waals surface area contributed by atoms with Crippen molar-refractivity contribution in [2.24, 2.45) is 0 Å². The van der Waals surface area contributed by atoms with Crippen molar-refractivity contribution in [3.63, 3.8) is 0 Å². The number of hydrogen-bond donors (Lipinski definition) is 0. The summed E-state index contributed by atoms with van der Waals surface area (Å²) in [7, 11) is 0. The third kappa shape index (κ3) is 3.30. The number of fused-ring (bicyclic) bond motifs is 1. The summed E-state index contributed by atoms with van der Waals surface area (Å²) in [6.07, 6.45) is 1.68. The first-order valence-corrected chi connectivity index (χ1v) is 8.17. The Morgan fingerprint density at radius 2 is 1.61 bits per heavy atom. The first-order valence-electron chi connectivity index (χ1n) is 6.58. The molecule has 3 aromatic rings. The Hall–Kier alpha value is -2.12. The summed E-state index contributed by atoms with van der Waals surface area (Å²) in [6.45, 7) is 0. The zero-order valence-corrected chi connectivity index (χ0v) is 14.8. The fourth-order valence-electron chi connectivity index (χ4n) is 2.03. The van der Waals surface area contributed by atoms with Crippen molar-refractivity contribution >= 4 is 57.5 Å². The second kappa shape index (κ2) is 6.55. The SMILES string of the molecule is O=[N+]([O-])c1ccc(/C(Br)=C(\Br)c2cnc3ccccc3n2)cc1. The number of non-ortho nitro benzene ring substituents is 1. The van der Waals surface area contributed by atoms with E-state index in [4.69, 9.17) is 0 Å². The monoisotopic (exact) mass is 433 g/mol. The van der Waals surface area contributed by atoms with Crippen molar-refractivity contribution in [3.8, 4) is 0 Å². The van der Waals surface area contributed by atoms with Crippen molar-refractivity contribution in [3.05, 3.63) is 76.1 Å². The molecule has 0 saturated heterocycles. The van der Waals surface area contributed by atoms with Crippen LogP contribution in [0.4, 0.5) is 5.69 Å². The molecule has 0 spiro atoms. The molecule has 23 heavy (non-hydrogen) atoms. The molecule has 0 N–H and O–H groups in total. The minimum absolute atomic E-state index is 0.0515. The number of para-hydroxylation sites is 2. The maximum atomic E-state index is 10.7. The van der Waals surface area contributed by atoms with Crippen molar-refractivity contribution in [1.82, 2.24) is 9.97 Å². The first kappa shape index (κ1) is 15.8. The smallest absolute Gasteiger partial charge is 0.258 e. The summed E-state index contributed by atoms with van der Waals surface area (Å²) in [5.41, 5.74) is 3.15.